The van der Waals surface area contributed by atoms with E-state index < -0.39 is 0 Å². The van der Waals surface area contributed by atoms with Crippen LogP contribution in [-0.4, -0.2) is 40.8 Å². The van der Waals surface area contributed by atoms with Crippen LogP contribution < -0.4 is 4.74 Å². The molecular weight excluding hydrogens is 402 g/mol. The van der Waals surface area contributed by atoms with E-state index in [0.29, 0.717) is 25.6 Å². The molecule has 0 unspecified atom stereocenters. The van der Waals surface area contributed by atoms with E-state index in [1.807, 2.05) is 85.0 Å². The molecule has 3 aromatic rings. The summed E-state index contributed by atoms with van der Waals surface area (Å²) >= 11 is 0. The van der Waals surface area contributed by atoms with Crippen molar-refractivity contribution in [1.29, 1.82) is 0 Å². The smallest absolute Gasteiger partial charge is 0.227 e. The molecule has 0 radical (unpaired) electrons. The lowest BCUT2D eigenvalue weighted by Crippen LogP contribution is -2.36. The highest BCUT2D eigenvalue weighted by Gasteiger charge is 2.25. The maximum atomic E-state index is 12.9. The Bertz CT molecular complexity index is 1010. The molecule has 0 saturated heterocycles. The Morgan fingerprint density at radius 2 is 1.78 bits per heavy atom. The number of aromatic nitrogens is 2. The predicted octanol–water partition coefficient (Wildman–Crippen LogP) is 5.17. The number of hydrogen-bond acceptors (Lipinski definition) is 4. The molecular formula is C26H33N3O3. The minimum absolute atomic E-state index is 0.0813. The van der Waals surface area contributed by atoms with Crippen molar-refractivity contribution in [2.45, 2.75) is 40.7 Å². The summed E-state index contributed by atoms with van der Waals surface area (Å²) in [6.45, 7) is 9.35. The molecule has 0 fully saturated rings. The SMILES string of the molecule is CCc1nn(-c2ccccc2)c(Oc2ccc(C)cc2)c1CN(CCOC)C(=O)C(C)C. The largest absolute Gasteiger partial charge is 0.439 e. The van der Waals surface area contributed by atoms with Crippen LogP contribution in [0.3, 0.4) is 0 Å². The van der Waals surface area contributed by atoms with Gasteiger partial charge < -0.3 is 14.4 Å². The average Bonchev–Trinajstić information content (AvgIpc) is 3.15. The Morgan fingerprint density at radius 3 is 2.38 bits per heavy atom. The van der Waals surface area contributed by atoms with Gasteiger partial charge in [-0.15, -0.1) is 0 Å². The van der Waals surface area contributed by atoms with Gasteiger partial charge in [0.2, 0.25) is 11.8 Å². The van der Waals surface area contributed by atoms with Crippen molar-refractivity contribution in [2.75, 3.05) is 20.3 Å². The highest BCUT2D eigenvalue weighted by Crippen LogP contribution is 2.32. The summed E-state index contributed by atoms with van der Waals surface area (Å²) in [5.74, 6) is 1.34. The number of ether oxygens (including phenoxy) is 2. The van der Waals surface area contributed by atoms with Gasteiger partial charge in [0.15, 0.2) is 0 Å². The molecule has 0 spiro atoms. The maximum Gasteiger partial charge on any atom is 0.227 e. The van der Waals surface area contributed by atoms with Crippen LogP contribution in [0.1, 0.15) is 37.6 Å². The van der Waals surface area contributed by atoms with E-state index in [0.717, 1.165) is 34.7 Å². The quantitative estimate of drug-likeness (QED) is 0.441. The third kappa shape index (κ3) is 5.56. The van der Waals surface area contributed by atoms with Crippen molar-refractivity contribution in [3.63, 3.8) is 0 Å². The van der Waals surface area contributed by atoms with Gasteiger partial charge in [0.05, 0.1) is 30.1 Å². The van der Waals surface area contributed by atoms with Crippen molar-refractivity contribution in [3.05, 3.63) is 71.4 Å². The van der Waals surface area contributed by atoms with Gasteiger partial charge in [-0.25, -0.2) is 4.68 Å². The molecule has 6 nitrogen and oxygen atoms in total. The lowest BCUT2D eigenvalue weighted by molar-refractivity contribution is -0.135. The summed E-state index contributed by atoms with van der Waals surface area (Å²) in [4.78, 5) is 14.8. The monoisotopic (exact) mass is 435 g/mol. The fourth-order valence-electron chi connectivity index (χ4n) is 3.51. The Hall–Kier alpha value is -3.12. The molecule has 0 aliphatic rings. The number of amides is 1. The number of methoxy groups -OCH3 is 1. The van der Waals surface area contributed by atoms with Crippen molar-refractivity contribution in [3.8, 4) is 17.3 Å². The molecule has 0 aliphatic carbocycles. The highest BCUT2D eigenvalue weighted by atomic mass is 16.5. The fraction of sp³-hybridized carbons (Fsp3) is 0.385. The first-order chi connectivity index (χ1) is 15.4. The van der Waals surface area contributed by atoms with Gasteiger partial charge in [-0.2, -0.15) is 5.10 Å². The summed E-state index contributed by atoms with van der Waals surface area (Å²) in [6.07, 6.45) is 0.730. The first-order valence-corrected chi connectivity index (χ1v) is 11.1. The zero-order valence-electron chi connectivity index (χ0n) is 19.7. The van der Waals surface area contributed by atoms with Gasteiger partial charge in [0.1, 0.15) is 5.75 Å². The van der Waals surface area contributed by atoms with Gasteiger partial charge in [-0.05, 0) is 37.6 Å². The van der Waals surface area contributed by atoms with Crippen LogP contribution in [0.5, 0.6) is 11.6 Å². The van der Waals surface area contributed by atoms with E-state index in [9.17, 15) is 4.79 Å². The van der Waals surface area contributed by atoms with Crippen LogP contribution in [0.4, 0.5) is 0 Å². The Labute approximate surface area is 190 Å². The van der Waals surface area contributed by atoms with Crippen molar-refractivity contribution in [2.24, 2.45) is 5.92 Å². The molecule has 32 heavy (non-hydrogen) atoms. The first-order valence-electron chi connectivity index (χ1n) is 11.1. The molecule has 0 saturated carbocycles. The van der Waals surface area contributed by atoms with Crippen LogP contribution in [0, 0.1) is 12.8 Å². The van der Waals surface area contributed by atoms with E-state index in [1.54, 1.807) is 7.11 Å². The lowest BCUT2D eigenvalue weighted by atomic mass is 10.1. The topological polar surface area (TPSA) is 56.6 Å². The molecule has 3 rings (SSSR count). The standard InChI is InChI=1S/C26H33N3O3/c1-6-24-23(18-28(16-17-31-5)25(30)19(2)3)26(32-22-14-12-20(4)13-15-22)29(27-24)21-10-8-7-9-11-21/h7-15,19H,6,16-18H2,1-5H3. The number of carbonyl (C=O) groups excluding carboxylic acids is 1. The zero-order chi connectivity index (χ0) is 23.1. The third-order valence-corrected chi connectivity index (χ3v) is 5.31. The first kappa shape index (κ1) is 23.5. The molecule has 0 aliphatic heterocycles. The molecule has 1 amide bonds. The predicted molar refractivity (Wildman–Crippen MR) is 126 cm³/mol. The molecule has 1 heterocycles. The molecule has 0 bridgehead atoms. The number of benzene rings is 2. The number of hydrogen-bond donors (Lipinski definition) is 0. The van der Waals surface area contributed by atoms with Crippen molar-refractivity contribution in [1.82, 2.24) is 14.7 Å². The maximum absolute atomic E-state index is 12.9. The molecule has 2 aromatic carbocycles. The summed E-state index contributed by atoms with van der Waals surface area (Å²) in [7, 11) is 1.65. The molecule has 1 aromatic heterocycles. The van der Waals surface area contributed by atoms with Crippen LogP contribution in [0.15, 0.2) is 54.6 Å². The molecule has 0 atom stereocenters. The number of nitrogens with zero attached hydrogens (tertiary/aromatic N) is 3. The van der Waals surface area contributed by atoms with E-state index in [4.69, 9.17) is 14.6 Å². The number of rotatable bonds is 10. The van der Waals surface area contributed by atoms with E-state index in [2.05, 4.69) is 6.92 Å². The van der Waals surface area contributed by atoms with E-state index in [-0.39, 0.29) is 11.8 Å². The minimum atomic E-state index is -0.109. The van der Waals surface area contributed by atoms with Crippen molar-refractivity contribution >= 4 is 5.91 Å². The number of para-hydroxylation sites is 1. The van der Waals surface area contributed by atoms with Gasteiger partial charge in [-0.1, -0.05) is 56.7 Å². The van der Waals surface area contributed by atoms with E-state index in [1.165, 1.54) is 0 Å². The Kier molecular flexibility index (Phi) is 8.06. The highest BCUT2D eigenvalue weighted by molar-refractivity contribution is 5.78. The van der Waals surface area contributed by atoms with Gasteiger partial charge in [-0.3, -0.25) is 4.79 Å². The van der Waals surface area contributed by atoms with Crippen LogP contribution in [0.25, 0.3) is 5.69 Å². The minimum Gasteiger partial charge on any atom is -0.439 e. The second-order valence-electron chi connectivity index (χ2n) is 8.15. The second kappa shape index (κ2) is 11.0. The zero-order valence-corrected chi connectivity index (χ0v) is 19.7. The summed E-state index contributed by atoms with van der Waals surface area (Å²) in [6, 6.07) is 17.9. The normalized spacial score (nSPS) is 11.1. The number of carbonyl (C=O) groups is 1. The molecule has 0 N–H and O–H groups in total. The van der Waals surface area contributed by atoms with Gasteiger partial charge in [0.25, 0.3) is 0 Å². The van der Waals surface area contributed by atoms with Crippen LogP contribution in [0.2, 0.25) is 0 Å². The van der Waals surface area contributed by atoms with Gasteiger partial charge >= 0.3 is 0 Å². The third-order valence-electron chi connectivity index (χ3n) is 5.31. The van der Waals surface area contributed by atoms with Gasteiger partial charge in [0, 0.05) is 19.6 Å². The Balaban J connectivity index is 2.08. The molecule has 170 valence electrons. The molecule has 6 heteroatoms. The van der Waals surface area contributed by atoms with Crippen LogP contribution in [-0.2, 0) is 22.5 Å². The Morgan fingerprint density at radius 1 is 1.09 bits per heavy atom. The second-order valence-corrected chi connectivity index (χ2v) is 8.15. The fourth-order valence-corrected chi connectivity index (χ4v) is 3.51. The average molecular weight is 436 g/mol. The summed E-state index contributed by atoms with van der Waals surface area (Å²) < 4.78 is 13.5. The number of aryl methyl sites for hydroxylation is 2. The van der Waals surface area contributed by atoms with E-state index >= 15 is 0 Å². The lowest BCUT2D eigenvalue weighted by Gasteiger charge is -2.25. The summed E-state index contributed by atoms with van der Waals surface area (Å²) in [5, 5.41) is 4.87. The van der Waals surface area contributed by atoms with Crippen molar-refractivity contribution < 1.29 is 14.3 Å². The summed E-state index contributed by atoms with van der Waals surface area (Å²) in [5.41, 5.74) is 3.91. The van der Waals surface area contributed by atoms with Crippen LogP contribution >= 0.6 is 0 Å².